The Labute approximate surface area is 286 Å². The zero-order valence-corrected chi connectivity index (χ0v) is 28.5. The maximum absolute atomic E-state index is 14.5. The predicted octanol–water partition coefficient (Wildman–Crippen LogP) is 4.46. The van der Waals surface area contributed by atoms with Crippen molar-refractivity contribution >= 4 is 44.2 Å². The summed E-state index contributed by atoms with van der Waals surface area (Å²) in [7, 11) is -3.93. The summed E-state index contributed by atoms with van der Waals surface area (Å²) >= 11 is 0. The van der Waals surface area contributed by atoms with Crippen molar-refractivity contribution in [3.63, 3.8) is 0 Å². The maximum atomic E-state index is 14.5. The fraction of sp³-hybridized carbons (Fsp3) is 0.459. The highest BCUT2D eigenvalue weighted by molar-refractivity contribution is 7.91. The van der Waals surface area contributed by atoms with E-state index in [1.165, 1.54) is 0 Å². The Balaban J connectivity index is 1.20. The van der Waals surface area contributed by atoms with E-state index < -0.39 is 50.3 Å². The lowest BCUT2D eigenvalue weighted by Crippen LogP contribution is -2.58. The number of allylic oxidation sites excluding steroid dienone is 1. The van der Waals surface area contributed by atoms with Crippen molar-refractivity contribution in [3.05, 3.63) is 79.0 Å². The van der Waals surface area contributed by atoms with Crippen LogP contribution in [0.5, 0.6) is 5.88 Å². The number of anilines is 1. The zero-order chi connectivity index (χ0) is 34.2. The molecule has 1 saturated heterocycles. The first kappa shape index (κ1) is 33.1. The van der Waals surface area contributed by atoms with Gasteiger partial charge in [-0.15, -0.1) is 0 Å². The lowest BCUT2D eigenvalue weighted by molar-refractivity contribution is -0.140. The Morgan fingerprint density at radius 1 is 1.02 bits per heavy atom. The van der Waals surface area contributed by atoms with E-state index in [1.54, 1.807) is 18.0 Å². The molecule has 0 bridgehead atoms. The number of rotatable bonds is 7. The third-order valence-electron chi connectivity index (χ3n) is 10.5. The van der Waals surface area contributed by atoms with Gasteiger partial charge in [0, 0.05) is 29.6 Å². The lowest BCUT2D eigenvalue weighted by Gasteiger charge is -2.30. The van der Waals surface area contributed by atoms with E-state index in [2.05, 4.69) is 20.3 Å². The van der Waals surface area contributed by atoms with Gasteiger partial charge in [0.15, 0.2) is 0 Å². The van der Waals surface area contributed by atoms with Gasteiger partial charge in [-0.3, -0.25) is 19.1 Å². The van der Waals surface area contributed by atoms with Gasteiger partial charge in [0.1, 0.15) is 23.7 Å². The largest absolute Gasteiger partial charge is 0.472 e. The Morgan fingerprint density at radius 2 is 1.80 bits per heavy atom. The number of para-hydroxylation sites is 1. The molecule has 1 aromatic heterocycles. The molecule has 4 aliphatic rings. The molecule has 258 valence electrons. The Morgan fingerprint density at radius 3 is 2.59 bits per heavy atom. The highest BCUT2D eigenvalue weighted by atomic mass is 32.2. The molecular formula is C37H43N5O6S. The van der Waals surface area contributed by atoms with Gasteiger partial charge in [-0.05, 0) is 75.1 Å². The molecule has 2 aliphatic carbocycles. The van der Waals surface area contributed by atoms with E-state index >= 15 is 0 Å². The molecule has 3 N–H and O–H groups in total. The van der Waals surface area contributed by atoms with Crippen LogP contribution in [0, 0.1) is 5.92 Å². The molecule has 11 nitrogen and oxygen atoms in total. The van der Waals surface area contributed by atoms with Crippen LogP contribution in [-0.2, 0) is 24.4 Å². The summed E-state index contributed by atoms with van der Waals surface area (Å²) in [6.07, 6.45) is 10.4. The predicted molar refractivity (Wildman–Crippen MR) is 186 cm³/mol. The van der Waals surface area contributed by atoms with Gasteiger partial charge < -0.3 is 20.3 Å². The average molecular weight is 686 g/mol. The summed E-state index contributed by atoms with van der Waals surface area (Å²) in [6, 6.07) is 17.6. The number of pyridine rings is 1. The molecule has 3 heterocycles. The van der Waals surface area contributed by atoms with Gasteiger partial charge in [0.05, 0.1) is 11.3 Å². The van der Waals surface area contributed by atoms with Gasteiger partial charge in [-0.1, -0.05) is 61.4 Å². The van der Waals surface area contributed by atoms with E-state index in [-0.39, 0.29) is 31.2 Å². The minimum atomic E-state index is -3.93. The summed E-state index contributed by atoms with van der Waals surface area (Å²) < 4.78 is 33.9. The van der Waals surface area contributed by atoms with Gasteiger partial charge >= 0.3 is 0 Å². The number of amides is 3. The van der Waals surface area contributed by atoms with Crippen LogP contribution in [0.15, 0.2) is 79.0 Å². The molecule has 2 aliphatic heterocycles. The molecule has 49 heavy (non-hydrogen) atoms. The van der Waals surface area contributed by atoms with Gasteiger partial charge in [0.25, 0.3) is 5.91 Å². The summed E-state index contributed by atoms with van der Waals surface area (Å²) in [4.78, 5) is 48.6. The molecule has 2 saturated carbocycles. The van der Waals surface area contributed by atoms with Crippen molar-refractivity contribution in [3.8, 4) is 5.88 Å². The number of ether oxygens (including phenoxy) is 1. The van der Waals surface area contributed by atoms with E-state index in [0.29, 0.717) is 25.1 Å². The van der Waals surface area contributed by atoms with Crippen LogP contribution in [0.3, 0.4) is 0 Å². The minimum absolute atomic E-state index is 0.143. The number of aromatic nitrogens is 1. The molecule has 3 aromatic rings. The van der Waals surface area contributed by atoms with Crippen molar-refractivity contribution in [2.45, 2.75) is 93.2 Å². The van der Waals surface area contributed by atoms with Crippen LogP contribution in [0.1, 0.15) is 64.7 Å². The molecule has 2 aromatic carbocycles. The number of carbonyl (C=O) groups excluding carboxylic acids is 3. The molecule has 0 radical (unpaired) electrons. The number of sulfonamides is 1. The Hall–Kier alpha value is -4.45. The number of hydrogen-bond acceptors (Lipinski definition) is 8. The normalized spacial score (nSPS) is 28.3. The van der Waals surface area contributed by atoms with E-state index in [4.69, 9.17) is 4.74 Å². The quantitative estimate of drug-likeness (QED) is 0.309. The van der Waals surface area contributed by atoms with Crippen molar-refractivity contribution in [1.29, 1.82) is 0 Å². The Bertz CT molecular complexity index is 1870. The number of fused-ring (bicyclic) bond motifs is 3. The number of hydrogen-bond donors (Lipinski definition) is 3. The standard InChI is InChI=1S/C37H43N5O6S/c1-36(19-20-36)49(46,47)41-35(45)37-23-26(37)13-6-3-2-4-9-17-30(39-27-14-7-5-8-15-27)34(44)42-24-28(22-31(42)32(43)40-37)48-33-29-16-11-10-12-25(29)18-21-38-33/h5-8,10-16,18,21,26,28,30-31,39H,2-4,9,17,19-20,22-24H2,1H3,(H,40,43)(H,41,45)/t26-,28-,30+,31+,37-/m1/s1. The van der Waals surface area contributed by atoms with Gasteiger partial charge in [-0.2, -0.15) is 0 Å². The topological polar surface area (TPSA) is 147 Å². The lowest BCUT2D eigenvalue weighted by atomic mass is 10.0. The van der Waals surface area contributed by atoms with Crippen molar-refractivity contribution < 1.29 is 27.5 Å². The van der Waals surface area contributed by atoms with Crippen LogP contribution in [0.2, 0.25) is 0 Å². The summed E-state index contributed by atoms with van der Waals surface area (Å²) in [5, 5.41) is 8.13. The van der Waals surface area contributed by atoms with Gasteiger partial charge in [-0.25, -0.2) is 13.4 Å². The summed E-state index contributed by atoms with van der Waals surface area (Å²) in [5.41, 5.74) is -0.629. The molecule has 3 fully saturated rings. The fourth-order valence-electron chi connectivity index (χ4n) is 7.03. The highest BCUT2D eigenvalue weighted by Crippen LogP contribution is 2.47. The van der Waals surface area contributed by atoms with Crippen molar-refractivity contribution in [1.82, 2.24) is 19.9 Å². The van der Waals surface area contributed by atoms with Crippen molar-refractivity contribution in [2.24, 2.45) is 5.92 Å². The first-order chi connectivity index (χ1) is 23.6. The van der Waals surface area contributed by atoms with E-state index in [1.807, 2.05) is 72.8 Å². The SMILES string of the molecule is CC1(S(=O)(=O)NC(=O)[C@@]23C[C@H]2C=CCCCCC[C@H](Nc2ccccc2)C(=O)N2C[C@H](Oc4nccc5ccccc45)C[C@H]2C(=O)N3)CC1. The molecule has 12 heteroatoms. The molecule has 7 rings (SSSR count). The smallest absolute Gasteiger partial charge is 0.259 e. The molecular weight excluding hydrogens is 643 g/mol. The number of nitrogens with one attached hydrogen (secondary N) is 3. The van der Waals surface area contributed by atoms with Crippen LogP contribution in [0.4, 0.5) is 5.69 Å². The second kappa shape index (κ2) is 13.1. The number of nitrogens with zero attached hydrogens (tertiary/aromatic N) is 2. The number of benzene rings is 2. The van der Waals surface area contributed by atoms with Gasteiger partial charge in [0.2, 0.25) is 27.7 Å². The molecule has 5 atom stereocenters. The first-order valence-electron chi connectivity index (χ1n) is 17.3. The maximum Gasteiger partial charge on any atom is 0.259 e. The van der Waals surface area contributed by atoms with Crippen LogP contribution >= 0.6 is 0 Å². The second-order valence-corrected chi connectivity index (χ2v) is 16.3. The fourth-order valence-corrected chi connectivity index (χ4v) is 8.34. The Kier molecular flexibility index (Phi) is 8.85. The van der Waals surface area contributed by atoms with E-state index in [9.17, 15) is 22.8 Å². The average Bonchev–Trinajstić information content (AvgIpc) is 3.97. The highest BCUT2D eigenvalue weighted by Gasteiger charge is 2.63. The third-order valence-corrected chi connectivity index (χ3v) is 12.7. The second-order valence-electron chi connectivity index (χ2n) is 14.1. The molecule has 0 unspecified atom stereocenters. The van der Waals surface area contributed by atoms with Crippen LogP contribution < -0.4 is 20.1 Å². The number of carbonyl (C=O) groups is 3. The van der Waals surface area contributed by atoms with Crippen LogP contribution in [-0.4, -0.2) is 71.0 Å². The summed E-state index contributed by atoms with van der Waals surface area (Å²) in [5.74, 6) is -1.43. The van der Waals surface area contributed by atoms with Crippen molar-refractivity contribution in [2.75, 3.05) is 11.9 Å². The van der Waals surface area contributed by atoms with E-state index in [0.717, 1.165) is 42.1 Å². The monoisotopic (exact) mass is 685 g/mol. The first-order valence-corrected chi connectivity index (χ1v) is 18.7. The molecule has 0 spiro atoms. The molecule has 3 amide bonds. The zero-order valence-electron chi connectivity index (χ0n) is 27.6. The van der Waals surface area contributed by atoms with Crippen LogP contribution in [0.25, 0.3) is 10.8 Å². The minimum Gasteiger partial charge on any atom is -0.472 e. The third kappa shape index (κ3) is 6.75. The summed E-state index contributed by atoms with van der Waals surface area (Å²) in [6.45, 7) is 1.76.